The van der Waals surface area contributed by atoms with E-state index in [-0.39, 0.29) is 11.5 Å². The van der Waals surface area contributed by atoms with Crippen molar-refractivity contribution in [3.05, 3.63) is 90.1 Å². The number of para-hydroxylation sites is 1. The van der Waals surface area contributed by atoms with Crippen molar-refractivity contribution < 1.29 is 4.84 Å². The molecule has 0 saturated carbocycles. The van der Waals surface area contributed by atoms with E-state index in [0.29, 0.717) is 0 Å². The molecule has 0 saturated heterocycles. The quantitative estimate of drug-likeness (QED) is 0.432. The summed E-state index contributed by atoms with van der Waals surface area (Å²) in [5.74, 6) is 0. The summed E-state index contributed by atoms with van der Waals surface area (Å²) in [7, 11) is 0. The first-order chi connectivity index (χ1) is 13.6. The van der Waals surface area contributed by atoms with Gasteiger partial charge < -0.3 is 4.84 Å². The lowest BCUT2D eigenvalue weighted by Gasteiger charge is -2.26. The van der Waals surface area contributed by atoms with Crippen LogP contribution in [0.2, 0.25) is 0 Å². The van der Waals surface area contributed by atoms with E-state index in [2.05, 4.69) is 73.6 Å². The molecule has 1 aliphatic rings. The van der Waals surface area contributed by atoms with Crippen LogP contribution >= 0.6 is 0 Å². The fraction of sp³-hybridized carbons (Fsp3) is 0.200. The molecule has 3 aromatic carbocycles. The van der Waals surface area contributed by atoms with Crippen LogP contribution in [0.25, 0.3) is 21.7 Å². The summed E-state index contributed by atoms with van der Waals surface area (Å²) in [4.78, 5) is 10.9. The number of nitrogens with zero attached hydrogens (tertiary/aromatic N) is 2. The highest BCUT2D eigenvalue weighted by Crippen LogP contribution is 2.37. The van der Waals surface area contributed by atoms with E-state index in [0.717, 1.165) is 28.9 Å². The van der Waals surface area contributed by atoms with E-state index in [4.69, 9.17) is 9.82 Å². The molecule has 1 unspecified atom stereocenters. The molecule has 3 nitrogen and oxygen atoms in total. The maximum Gasteiger partial charge on any atom is 0.143 e. The van der Waals surface area contributed by atoms with Crippen LogP contribution in [0.5, 0.6) is 0 Å². The van der Waals surface area contributed by atoms with Gasteiger partial charge in [-0.2, -0.15) is 0 Å². The second-order valence-electron chi connectivity index (χ2n) is 7.95. The molecule has 1 aliphatic heterocycles. The summed E-state index contributed by atoms with van der Waals surface area (Å²) in [5.41, 5.74) is 4.01. The van der Waals surface area contributed by atoms with Gasteiger partial charge in [-0.05, 0) is 17.0 Å². The second-order valence-corrected chi connectivity index (χ2v) is 7.95. The number of hydrogen-bond donors (Lipinski definition) is 0. The largest absolute Gasteiger partial charge is 0.391 e. The van der Waals surface area contributed by atoms with Crippen LogP contribution < -0.4 is 0 Å². The standard InChI is InChI=1S/C25H22N2O/c1-25(2)23(28-27-24(25)17-10-4-3-5-11-17)16-22-20-14-7-6-12-18(20)19-13-8-9-15-21(19)26-22/h3-15,23H,16H2,1-2H3. The maximum absolute atomic E-state index is 5.95. The van der Waals surface area contributed by atoms with E-state index in [9.17, 15) is 0 Å². The summed E-state index contributed by atoms with van der Waals surface area (Å²) in [6.45, 7) is 4.42. The Morgan fingerprint density at radius 1 is 0.786 bits per heavy atom. The number of aromatic nitrogens is 1. The van der Waals surface area contributed by atoms with Crippen LogP contribution in [0.3, 0.4) is 0 Å². The Kier molecular flexibility index (Phi) is 3.90. The van der Waals surface area contributed by atoms with Crippen LogP contribution in [0.4, 0.5) is 0 Å². The van der Waals surface area contributed by atoms with Crippen molar-refractivity contribution in [2.75, 3.05) is 0 Å². The monoisotopic (exact) mass is 366 g/mol. The Hall–Kier alpha value is -3.20. The average Bonchev–Trinajstić information content (AvgIpc) is 3.03. The zero-order valence-corrected chi connectivity index (χ0v) is 16.1. The first-order valence-corrected chi connectivity index (χ1v) is 9.70. The molecule has 0 amide bonds. The number of hydrogen-bond acceptors (Lipinski definition) is 3. The minimum atomic E-state index is -0.199. The molecule has 3 heteroatoms. The number of pyridine rings is 1. The Balaban J connectivity index is 1.56. The highest BCUT2D eigenvalue weighted by Gasteiger charge is 2.43. The Morgan fingerprint density at radius 2 is 1.43 bits per heavy atom. The van der Waals surface area contributed by atoms with Crippen molar-refractivity contribution in [2.45, 2.75) is 26.4 Å². The van der Waals surface area contributed by atoms with E-state index in [1.165, 1.54) is 16.2 Å². The molecule has 1 aromatic heterocycles. The van der Waals surface area contributed by atoms with Crippen molar-refractivity contribution in [2.24, 2.45) is 10.6 Å². The summed E-state index contributed by atoms with van der Waals surface area (Å²) < 4.78 is 0. The van der Waals surface area contributed by atoms with Crippen molar-refractivity contribution in [3.63, 3.8) is 0 Å². The summed E-state index contributed by atoms with van der Waals surface area (Å²) in [6.07, 6.45) is 0.665. The minimum absolute atomic E-state index is 0.0558. The van der Waals surface area contributed by atoms with Gasteiger partial charge >= 0.3 is 0 Å². The number of rotatable bonds is 3. The third-order valence-electron chi connectivity index (χ3n) is 5.80. The molecule has 1 atom stereocenters. The van der Waals surface area contributed by atoms with Crippen molar-refractivity contribution in [3.8, 4) is 0 Å². The highest BCUT2D eigenvalue weighted by molar-refractivity contribution is 6.07. The zero-order valence-electron chi connectivity index (χ0n) is 16.1. The average molecular weight is 366 g/mol. The molecule has 4 aromatic rings. The number of oxime groups is 1. The van der Waals surface area contributed by atoms with E-state index < -0.39 is 0 Å². The van der Waals surface area contributed by atoms with E-state index in [1.54, 1.807) is 0 Å². The van der Waals surface area contributed by atoms with Gasteiger partial charge in [-0.25, -0.2) is 0 Å². The van der Waals surface area contributed by atoms with Gasteiger partial charge in [0.15, 0.2) is 0 Å². The van der Waals surface area contributed by atoms with Crippen molar-refractivity contribution >= 4 is 27.4 Å². The molecule has 0 spiro atoms. The van der Waals surface area contributed by atoms with Crippen LogP contribution in [0, 0.1) is 5.41 Å². The highest BCUT2D eigenvalue weighted by atomic mass is 16.6. The van der Waals surface area contributed by atoms with E-state index in [1.807, 2.05) is 24.3 Å². The number of fused-ring (bicyclic) bond motifs is 3. The van der Waals surface area contributed by atoms with Crippen molar-refractivity contribution in [1.29, 1.82) is 0 Å². The van der Waals surface area contributed by atoms with E-state index >= 15 is 0 Å². The van der Waals surface area contributed by atoms with Gasteiger partial charge in [-0.3, -0.25) is 4.98 Å². The Bertz CT molecular complexity index is 1200. The number of benzene rings is 3. The predicted molar refractivity (Wildman–Crippen MR) is 115 cm³/mol. The summed E-state index contributed by atoms with van der Waals surface area (Å²) in [6, 6.07) is 27.1. The molecule has 28 heavy (non-hydrogen) atoms. The SMILES string of the molecule is CC1(C)C(c2ccccc2)=NOC1Cc1nc2ccccc2c2ccccc12. The molecule has 0 fully saturated rings. The molecule has 0 bridgehead atoms. The molecular formula is C25H22N2O. The zero-order chi connectivity index (χ0) is 19.1. The first kappa shape index (κ1) is 16.9. The predicted octanol–water partition coefficient (Wildman–Crippen LogP) is 5.76. The third kappa shape index (κ3) is 2.66. The lowest BCUT2D eigenvalue weighted by atomic mass is 9.77. The van der Waals surface area contributed by atoms with Crippen LogP contribution in [-0.2, 0) is 11.3 Å². The van der Waals surface area contributed by atoms with Crippen molar-refractivity contribution in [1.82, 2.24) is 4.98 Å². The van der Waals surface area contributed by atoms with Crippen LogP contribution in [-0.4, -0.2) is 16.8 Å². The molecule has 0 aliphatic carbocycles. The van der Waals surface area contributed by atoms with Gasteiger partial charge in [0.25, 0.3) is 0 Å². The lowest BCUT2D eigenvalue weighted by Crippen LogP contribution is -2.35. The molecule has 0 N–H and O–H groups in total. The van der Waals surface area contributed by atoms with Crippen LogP contribution in [0.15, 0.2) is 84.0 Å². The maximum atomic E-state index is 5.95. The van der Waals surface area contributed by atoms with Crippen LogP contribution in [0.1, 0.15) is 25.1 Å². The minimum Gasteiger partial charge on any atom is -0.391 e. The molecule has 2 heterocycles. The fourth-order valence-electron chi connectivity index (χ4n) is 4.14. The second kappa shape index (κ2) is 6.45. The normalized spacial score (nSPS) is 18.2. The Morgan fingerprint density at radius 3 is 2.21 bits per heavy atom. The van der Waals surface area contributed by atoms with Gasteiger partial charge in [0.05, 0.1) is 22.3 Å². The molecule has 5 rings (SSSR count). The summed E-state index contributed by atoms with van der Waals surface area (Å²) in [5, 5.41) is 8.08. The Labute approximate surface area is 164 Å². The fourth-order valence-corrected chi connectivity index (χ4v) is 4.14. The van der Waals surface area contributed by atoms with Gasteiger partial charge in [0.2, 0.25) is 0 Å². The molecule has 0 radical (unpaired) electrons. The third-order valence-corrected chi connectivity index (χ3v) is 5.80. The molecule has 138 valence electrons. The smallest absolute Gasteiger partial charge is 0.143 e. The first-order valence-electron chi connectivity index (χ1n) is 9.70. The van der Waals surface area contributed by atoms with Gasteiger partial charge in [0.1, 0.15) is 6.10 Å². The van der Waals surface area contributed by atoms with Gasteiger partial charge in [0, 0.05) is 17.2 Å². The lowest BCUT2D eigenvalue weighted by molar-refractivity contribution is 0.0367. The topological polar surface area (TPSA) is 34.5 Å². The molecular weight excluding hydrogens is 344 g/mol. The van der Waals surface area contributed by atoms with Gasteiger partial charge in [-0.1, -0.05) is 91.8 Å². The summed E-state index contributed by atoms with van der Waals surface area (Å²) >= 11 is 0. The van der Waals surface area contributed by atoms with Gasteiger partial charge in [-0.15, -0.1) is 0 Å².